The molecule has 0 aliphatic heterocycles. The molecular weight excluding hydrogens is 296 g/mol. The molecule has 0 saturated carbocycles. The van der Waals surface area contributed by atoms with Crippen LogP contribution in [0.25, 0.3) is 16.8 Å². The van der Waals surface area contributed by atoms with Crippen LogP contribution in [-0.2, 0) is 0 Å². The van der Waals surface area contributed by atoms with Crippen molar-refractivity contribution in [1.29, 1.82) is 0 Å². The number of hydrogen-bond acceptors (Lipinski definition) is 5. The second-order valence-corrected chi connectivity index (χ2v) is 5.61. The van der Waals surface area contributed by atoms with Crippen LogP contribution in [0.5, 0.6) is 0 Å². The van der Waals surface area contributed by atoms with Crippen LogP contribution < -0.4 is 5.73 Å². The molecule has 7 heteroatoms. The Bertz CT molecular complexity index is 946. The second-order valence-electron chi connectivity index (χ2n) is 5.22. The van der Waals surface area contributed by atoms with E-state index < -0.39 is 0 Å². The van der Waals surface area contributed by atoms with Crippen LogP contribution in [0.3, 0.4) is 0 Å². The van der Waals surface area contributed by atoms with E-state index in [1.165, 1.54) is 0 Å². The summed E-state index contributed by atoms with van der Waals surface area (Å²) in [4.78, 5) is 13.2. The third-order valence-corrected chi connectivity index (χ3v) is 3.51. The molecule has 3 heterocycles. The number of aromatic amines is 1. The number of aromatic nitrogens is 4. The molecule has 0 amide bonds. The number of nitrogen functional groups attached to an aromatic ring is 1. The number of pyridine rings is 1. The SMILES string of the molecule is CC(C)=Nc1ccc(-c2ccn3[nH]c(N)nc(=S)c23)nc1C. The zero-order valence-electron chi connectivity index (χ0n) is 12.6. The van der Waals surface area contributed by atoms with E-state index >= 15 is 0 Å². The predicted octanol–water partition coefficient (Wildman–Crippen LogP) is 3.46. The van der Waals surface area contributed by atoms with Crippen molar-refractivity contribution in [1.82, 2.24) is 19.6 Å². The van der Waals surface area contributed by atoms with Gasteiger partial charge in [-0.15, -0.1) is 0 Å². The monoisotopic (exact) mass is 312 g/mol. The Morgan fingerprint density at radius 2 is 2.05 bits per heavy atom. The molecule has 0 fully saturated rings. The summed E-state index contributed by atoms with van der Waals surface area (Å²) < 4.78 is 2.21. The molecule has 22 heavy (non-hydrogen) atoms. The molecule has 0 radical (unpaired) electrons. The van der Waals surface area contributed by atoms with Crippen molar-refractivity contribution in [3.8, 4) is 11.3 Å². The average Bonchev–Trinajstić information content (AvgIpc) is 2.84. The molecule has 0 atom stereocenters. The first-order valence-electron chi connectivity index (χ1n) is 6.82. The molecule has 0 aliphatic rings. The topological polar surface area (TPSA) is 84.4 Å². The van der Waals surface area contributed by atoms with Crippen molar-refractivity contribution in [2.75, 3.05) is 5.73 Å². The number of fused-ring (bicyclic) bond motifs is 1. The van der Waals surface area contributed by atoms with Gasteiger partial charge in [0.25, 0.3) is 0 Å². The highest BCUT2D eigenvalue weighted by molar-refractivity contribution is 7.71. The van der Waals surface area contributed by atoms with Crippen molar-refractivity contribution >= 4 is 35.1 Å². The minimum absolute atomic E-state index is 0.284. The van der Waals surface area contributed by atoms with E-state index in [2.05, 4.69) is 20.1 Å². The Hall–Kier alpha value is -2.54. The Balaban J connectivity index is 2.18. The van der Waals surface area contributed by atoms with Gasteiger partial charge in [-0.3, -0.25) is 19.6 Å². The van der Waals surface area contributed by atoms with Crippen molar-refractivity contribution in [2.24, 2.45) is 4.99 Å². The van der Waals surface area contributed by atoms with Gasteiger partial charge in [-0.1, -0.05) is 12.2 Å². The molecule has 3 aromatic rings. The number of nitrogens with one attached hydrogen (secondary N) is 1. The summed E-state index contributed by atoms with van der Waals surface area (Å²) in [5.41, 5.74) is 11.0. The summed E-state index contributed by atoms with van der Waals surface area (Å²) >= 11 is 5.32. The van der Waals surface area contributed by atoms with E-state index in [4.69, 9.17) is 18.0 Å². The molecular formula is C15H16N6S. The number of aliphatic imine (C=N–C) groups is 1. The maximum atomic E-state index is 5.68. The molecule has 0 unspecified atom stereocenters. The Kier molecular flexibility index (Phi) is 3.50. The first-order valence-corrected chi connectivity index (χ1v) is 7.23. The third-order valence-electron chi connectivity index (χ3n) is 3.22. The number of nitrogens with two attached hydrogens (primary N) is 1. The number of rotatable bonds is 2. The number of anilines is 1. The fourth-order valence-electron chi connectivity index (χ4n) is 2.32. The van der Waals surface area contributed by atoms with E-state index in [1.807, 2.05) is 45.2 Å². The standard InChI is InChI=1S/C15H16N6S/c1-8(2)17-11-4-5-12(18-9(11)3)10-6-7-21-13(10)14(22)19-15(16)20-21/h4-7H,1-3H3,(H3,16,19,20,22). The number of aryl methyl sites for hydroxylation is 1. The summed E-state index contributed by atoms with van der Waals surface area (Å²) in [5.74, 6) is 0.284. The molecule has 112 valence electrons. The summed E-state index contributed by atoms with van der Waals surface area (Å²) in [6.45, 7) is 5.87. The zero-order chi connectivity index (χ0) is 15.9. The minimum atomic E-state index is 0.284. The molecule has 0 spiro atoms. The fraction of sp³-hybridized carbons (Fsp3) is 0.200. The largest absolute Gasteiger partial charge is 0.368 e. The molecule has 0 bridgehead atoms. The van der Waals surface area contributed by atoms with Crippen LogP contribution in [-0.4, -0.2) is 25.3 Å². The average molecular weight is 312 g/mol. The van der Waals surface area contributed by atoms with Gasteiger partial charge in [0.05, 0.1) is 17.1 Å². The summed E-state index contributed by atoms with van der Waals surface area (Å²) in [5, 5.41) is 2.94. The first-order chi connectivity index (χ1) is 10.5. The lowest BCUT2D eigenvalue weighted by atomic mass is 10.1. The lowest BCUT2D eigenvalue weighted by Crippen LogP contribution is -2.01. The van der Waals surface area contributed by atoms with Crippen molar-refractivity contribution in [3.63, 3.8) is 0 Å². The highest BCUT2D eigenvalue weighted by Gasteiger charge is 2.11. The number of nitrogens with zero attached hydrogens (tertiary/aromatic N) is 4. The second kappa shape index (κ2) is 5.34. The lowest BCUT2D eigenvalue weighted by Gasteiger charge is -2.05. The normalized spacial score (nSPS) is 10.9. The molecule has 0 aromatic carbocycles. The van der Waals surface area contributed by atoms with Gasteiger partial charge in [0.15, 0.2) is 4.64 Å². The summed E-state index contributed by atoms with van der Waals surface area (Å²) in [6, 6.07) is 5.85. The highest BCUT2D eigenvalue weighted by atomic mass is 32.1. The molecule has 3 rings (SSSR count). The van der Waals surface area contributed by atoms with Crippen LogP contribution in [0.4, 0.5) is 11.6 Å². The van der Waals surface area contributed by atoms with Gasteiger partial charge in [0.1, 0.15) is 5.52 Å². The fourth-order valence-corrected chi connectivity index (χ4v) is 2.63. The van der Waals surface area contributed by atoms with Gasteiger partial charge < -0.3 is 5.73 Å². The quantitative estimate of drug-likeness (QED) is 0.560. The maximum Gasteiger partial charge on any atom is 0.214 e. The minimum Gasteiger partial charge on any atom is -0.368 e. The first kappa shape index (κ1) is 14.4. The maximum absolute atomic E-state index is 5.68. The van der Waals surface area contributed by atoms with Gasteiger partial charge in [0.2, 0.25) is 5.95 Å². The Labute approximate surface area is 132 Å². The number of hydrogen-bond donors (Lipinski definition) is 2. The van der Waals surface area contributed by atoms with Crippen LogP contribution in [0.15, 0.2) is 29.4 Å². The molecule has 0 aliphatic carbocycles. The van der Waals surface area contributed by atoms with Gasteiger partial charge >= 0.3 is 0 Å². The van der Waals surface area contributed by atoms with Crippen LogP contribution in [0.1, 0.15) is 19.5 Å². The van der Waals surface area contributed by atoms with Gasteiger partial charge in [-0.2, -0.15) is 0 Å². The lowest BCUT2D eigenvalue weighted by molar-refractivity contribution is 0.913. The molecule has 3 aromatic heterocycles. The van der Waals surface area contributed by atoms with E-state index in [0.29, 0.717) is 4.64 Å². The van der Waals surface area contributed by atoms with E-state index in [-0.39, 0.29) is 5.95 Å². The molecule has 6 nitrogen and oxygen atoms in total. The molecule has 3 N–H and O–H groups in total. The summed E-state index contributed by atoms with van der Waals surface area (Å²) in [7, 11) is 0. The third kappa shape index (κ3) is 2.50. The van der Waals surface area contributed by atoms with E-state index in [1.54, 1.807) is 4.52 Å². The van der Waals surface area contributed by atoms with Gasteiger partial charge in [-0.05, 0) is 39.0 Å². The van der Waals surface area contributed by atoms with Gasteiger partial charge in [-0.25, -0.2) is 4.98 Å². The van der Waals surface area contributed by atoms with Gasteiger partial charge in [0, 0.05) is 17.5 Å². The van der Waals surface area contributed by atoms with Crippen molar-refractivity contribution in [3.05, 3.63) is 34.7 Å². The smallest absolute Gasteiger partial charge is 0.214 e. The predicted molar refractivity (Wildman–Crippen MR) is 91.2 cm³/mol. The van der Waals surface area contributed by atoms with Crippen LogP contribution in [0, 0.1) is 11.6 Å². The van der Waals surface area contributed by atoms with E-state index in [0.717, 1.165) is 33.9 Å². The van der Waals surface area contributed by atoms with Crippen LogP contribution in [0.2, 0.25) is 0 Å². The number of H-pyrrole nitrogens is 1. The molecule has 0 saturated heterocycles. The zero-order valence-corrected chi connectivity index (χ0v) is 13.4. The van der Waals surface area contributed by atoms with Crippen molar-refractivity contribution in [2.45, 2.75) is 20.8 Å². The van der Waals surface area contributed by atoms with Crippen molar-refractivity contribution < 1.29 is 0 Å². The Morgan fingerprint density at radius 1 is 1.27 bits per heavy atom. The Morgan fingerprint density at radius 3 is 2.73 bits per heavy atom. The highest BCUT2D eigenvalue weighted by Crippen LogP contribution is 2.27. The van der Waals surface area contributed by atoms with E-state index in [9.17, 15) is 0 Å². The summed E-state index contributed by atoms with van der Waals surface area (Å²) in [6.07, 6.45) is 1.86. The van der Waals surface area contributed by atoms with Crippen LogP contribution >= 0.6 is 12.2 Å².